The molecule has 0 fully saturated rings. The zero-order valence-corrected chi connectivity index (χ0v) is 16.1. The van der Waals surface area contributed by atoms with Crippen LogP contribution in [0.4, 0.5) is 5.69 Å². The molecule has 1 atom stereocenters. The molecular weight excluding hydrogens is 396 g/mol. The summed E-state index contributed by atoms with van der Waals surface area (Å²) in [5, 5.41) is 22.8. The molecule has 3 N–H and O–H groups in total. The average molecular weight is 413 g/mol. The van der Waals surface area contributed by atoms with E-state index >= 15 is 0 Å². The average Bonchev–Trinajstić information content (AvgIpc) is 3.08. The van der Waals surface area contributed by atoms with E-state index in [0.717, 1.165) is 5.56 Å². The molecule has 2 heterocycles. The third-order valence-corrected chi connectivity index (χ3v) is 5.22. The van der Waals surface area contributed by atoms with Crippen molar-refractivity contribution in [1.29, 1.82) is 0 Å². The van der Waals surface area contributed by atoms with Crippen molar-refractivity contribution in [2.45, 2.75) is 12.3 Å². The standard InChI is InChI=1S/C21H17ClN2O5/c1-29-17-8-11(2-7-16(17)25)14-9-18(26)23-19-15(21(27)28)10-24(20(14)19)13-5-3-12(22)4-6-13/h2-8,10,14,25H,9H2,1H3,(H,23,26)(H,27,28). The van der Waals surface area contributed by atoms with Gasteiger partial charge in [-0.15, -0.1) is 0 Å². The highest BCUT2D eigenvalue weighted by Gasteiger charge is 2.34. The largest absolute Gasteiger partial charge is 0.504 e. The summed E-state index contributed by atoms with van der Waals surface area (Å²) in [5.74, 6) is -1.60. The molecule has 7 nitrogen and oxygen atoms in total. The van der Waals surface area contributed by atoms with E-state index in [2.05, 4.69) is 5.32 Å². The summed E-state index contributed by atoms with van der Waals surface area (Å²) in [6.07, 6.45) is 1.62. The number of hydrogen-bond acceptors (Lipinski definition) is 4. The fraction of sp³-hybridized carbons (Fsp3) is 0.143. The maximum Gasteiger partial charge on any atom is 0.339 e. The van der Waals surface area contributed by atoms with Gasteiger partial charge in [0.1, 0.15) is 5.56 Å². The van der Waals surface area contributed by atoms with Gasteiger partial charge in [0.15, 0.2) is 11.5 Å². The highest BCUT2D eigenvalue weighted by molar-refractivity contribution is 6.30. The number of benzene rings is 2. The number of aromatic hydroxyl groups is 1. The van der Waals surface area contributed by atoms with Crippen molar-refractivity contribution in [3.63, 3.8) is 0 Å². The maximum absolute atomic E-state index is 12.4. The molecule has 0 radical (unpaired) electrons. The number of carbonyl (C=O) groups excluding carboxylic acids is 1. The Hall–Kier alpha value is -3.45. The van der Waals surface area contributed by atoms with Gasteiger partial charge in [0, 0.05) is 29.2 Å². The van der Waals surface area contributed by atoms with Crippen molar-refractivity contribution >= 4 is 29.2 Å². The van der Waals surface area contributed by atoms with Crippen molar-refractivity contribution in [3.05, 3.63) is 70.5 Å². The number of amides is 1. The molecule has 1 unspecified atom stereocenters. The molecule has 0 aliphatic carbocycles. The predicted octanol–water partition coefficient (Wildman–Crippen LogP) is 4.02. The summed E-state index contributed by atoms with van der Waals surface area (Å²) in [7, 11) is 1.44. The number of carboxylic acid groups (broad SMARTS) is 1. The molecule has 1 amide bonds. The number of aromatic carboxylic acids is 1. The molecule has 0 saturated carbocycles. The quantitative estimate of drug-likeness (QED) is 0.601. The second-order valence-corrected chi connectivity index (χ2v) is 7.13. The van der Waals surface area contributed by atoms with Crippen LogP contribution in [-0.4, -0.2) is 33.8 Å². The molecule has 1 aromatic heterocycles. The second-order valence-electron chi connectivity index (χ2n) is 6.69. The second kappa shape index (κ2) is 7.18. The molecular formula is C21H17ClN2O5. The first-order valence-electron chi connectivity index (χ1n) is 8.80. The zero-order chi connectivity index (χ0) is 20.7. The van der Waals surface area contributed by atoms with Crippen molar-refractivity contribution < 1.29 is 24.5 Å². The minimum absolute atomic E-state index is 0.00116. The Kier molecular flexibility index (Phi) is 4.68. The van der Waals surface area contributed by atoms with Crippen molar-refractivity contribution in [2.24, 2.45) is 0 Å². The van der Waals surface area contributed by atoms with Gasteiger partial charge in [0.25, 0.3) is 0 Å². The Morgan fingerprint density at radius 2 is 1.97 bits per heavy atom. The number of ether oxygens (including phenoxy) is 1. The van der Waals surface area contributed by atoms with Crippen LogP contribution in [0.15, 0.2) is 48.7 Å². The minimum Gasteiger partial charge on any atom is -0.504 e. The lowest BCUT2D eigenvalue weighted by molar-refractivity contribution is -0.116. The third-order valence-electron chi connectivity index (χ3n) is 4.97. The zero-order valence-electron chi connectivity index (χ0n) is 15.3. The number of rotatable bonds is 4. The van der Waals surface area contributed by atoms with E-state index in [4.69, 9.17) is 16.3 Å². The number of carboxylic acids is 1. The first-order chi connectivity index (χ1) is 13.9. The van der Waals surface area contributed by atoms with Crippen LogP contribution < -0.4 is 10.1 Å². The van der Waals surface area contributed by atoms with Gasteiger partial charge < -0.3 is 24.8 Å². The maximum atomic E-state index is 12.4. The molecule has 2 aromatic carbocycles. The normalized spacial score (nSPS) is 15.5. The molecule has 0 bridgehead atoms. The highest BCUT2D eigenvalue weighted by Crippen LogP contribution is 2.43. The molecule has 3 aromatic rings. The summed E-state index contributed by atoms with van der Waals surface area (Å²) in [6.45, 7) is 0. The van der Waals surface area contributed by atoms with Crippen LogP contribution in [0.2, 0.25) is 5.02 Å². The van der Waals surface area contributed by atoms with Crippen LogP contribution in [0.5, 0.6) is 11.5 Å². The molecule has 1 aliphatic heterocycles. The summed E-state index contributed by atoms with van der Waals surface area (Å²) in [6, 6.07) is 11.8. The van der Waals surface area contributed by atoms with E-state index in [9.17, 15) is 19.8 Å². The summed E-state index contributed by atoms with van der Waals surface area (Å²) in [4.78, 5) is 24.2. The number of fused-ring (bicyclic) bond motifs is 1. The fourth-order valence-electron chi connectivity index (χ4n) is 3.63. The first-order valence-corrected chi connectivity index (χ1v) is 9.18. The number of hydrogen-bond donors (Lipinski definition) is 3. The monoisotopic (exact) mass is 412 g/mol. The van der Waals surface area contributed by atoms with Gasteiger partial charge >= 0.3 is 5.97 Å². The van der Waals surface area contributed by atoms with Crippen LogP contribution in [0, 0.1) is 0 Å². The highest BCUT2D eigenvalue weighted by atomic mass is 35.5. The smallest absolute Gasteiger partial charge is 0.339 e. The number of nitrogens with zero attached hydrogens (tertiary/aromatic N) is 1. The van der Waals surface area contributed by atoms with Gasteiger partial charge in [0.2, 0.25) is 5.91 Å². The van der Waals surface area contributed by atoms with Gasteiger partial charge in [-0.1, -0.05) is 17.7 Å². The number of halogens is 1. The van der Waals surface area contributed by atoms with Crippen molar-refractivity contribution in [1.82, 2.24) is 4.57 Å². The SMILES string of the molecule is COc1cc(C2CC(=O)Nc3c(C(=O)O)cn(-c4ccc(Cl)cc4)c32)ccc1O. The number of aromatic nitrogens is 1. The number of nitrogens with one attached hydrogen (secondary N) is 1. The Labute approximate surface area is 171 Å². The van der Waals surface area contributed by atoms with Gasteiger partial charge in [0.05, 0.1) is 18.5 Å². The van der Waals surface area contributed by atoms with Crippen LogP contribution >= 0.6 is 11.6 Å². The molecule has 0 spiro atoms. The van der Waals surface area contributed by atoms with E-state index in [1.807, 2.05) is 0 Å². The molecule has 29 heavy (non-hydrogen) atoms. The van der Waals surface area contributed by atoms with E-state index in [-0.39, 0.29) is 35.1 Å². The van der Waals surface area contributed by atoms with E-state index < -0.39 is 11.9 Å². The predicted molar refractivity (Wildman–Crippen MR) is 107 cm³/mol. The Morgan fingerprint density at radius 3 is 2.62 bits per heavy atom. The summed E-state index contributed by atoms with van der Waals surface area (Å²) >= 11 is 5.99. The number of anilines is 1. The Balaban J connectivity index is 1.95. The van der Waals surface area contributed by atoms with E-state index in [1.54, 1.807) is 41.0 Å². The Morgan fingerprint density at radius 1 is 1.24 bits per heavy atom. The van der Waals surface area contributed by atoms with Crippen LogP contribution in [0.1, 0.15) is 34.0 Å². The molecule has 4 rings (SSSR count). The number of carbonyl (C=O) groups is 2. The van der Waals surface area contributed by atoms with Crippen molar-refractivity contribution in [3.8, 4) is 17.2 Å². The lowest BCUT2D eigenvalue weighted by atomic mass is 9.88. The lowest BCUT2D eigenvalue weighted by Crippen LogP contribution is -2.25. The molecule has 148 valence electrons. The topological polar surface area (TPSA) is 101 Å². The van der Waals surface area contributed by atoms with Crippen LogP contribution in [0.25, 0.3) is 5.69 Å². The summed E-state index contributed by atoms with van der Waals surface area (Å²) in [5.41, 5.74) is 2.34. The van der Waals surface area contributed by atoms with Gasteiger partial charge in [-0.3, -0.25) is 4.79 Å². The first kappa shape index (κ1) is 18.9. The minimum atomic E-state index is -1.14. The van der Waals surface area contributed by atoms with Gasteiger partial charge in [-0.05, 0) is 42.0 Å². The number of phenols is 1. The number of phenolic OH excluding ortho intramolecular Hbond substituents is 1. The Bertz CT molecular complexity index is 1120. The van der Waals surface area contributed by atoms with Gasteiger partial charge in [-0.25, -0.2) is 4.79 Å². The van der Waals surface area contributed by atoms with Crippen molar-refractivity contribution in [2.75, 3.05) is 12.4 Å². The lowest BCUT2D eigenvalue weighted by Gasteiger charge is -2.26. The summed E-state index contributed by atoms with van der Waals surface area (Å²) < 4.78 is 6.95. The molecule has 0 saturated heterocycles. The van der Waals surface area contributed by atoms with Crippen LogP contribution in [0.3, 0.4) is 0 Å². The van der Waals surface area contributed by atoms with E-state index in [0.29, 0.717) is 16.4 Å². The van der Waals surface area contributed by atoms with Crippen LogP contribution in [-0.2, 0) is 4.79 Å². The van der Waals surface area contributed by atoms with Gasteiger partial charge in [-0.2, -0.15) is 0 Å². The number of methoxy groups -OCH3 is 1. The fourth-order valence-corrected chi connectivity index (χ4v) is 3.76. The molecule has 1 aliphatic rings. The molecule has 8 heteroatoms. The van der Waals surface area contributed by atoms with E-state index in [1.165, 1.54) is 19.4 Å². The third kappa shape index (κ3) is 3.30.